The lowest BCUT2D eigenvalue weighted by Gasteiger charge is -2.35. The van der Waals surface area contributed by atoms with E-state index in [0.29, 0.717) is 54.5 Å². The summed E-state index contributed by atoms with van der Waals surface area (Å²) in [4.78, 5) is 41.3. The van der Waals surface area contributed by atoms with Crippen molar-refractivity contribution in [1.29, 1.82) is 0 Å². The van der Waals surface area contributed by atoms with Crippen molar-refractivity contribution in [2.75, 3.05) is 38.1 Å². The quantitative estimate of drug-likeness (QED) is 0.471. The first-order valence-corrected chi connectivity index (χ1v) is 12.7. The minimum atomic E-state index is -0.575. The number of rotatable bonds is 7. The minimum absolute atomic E-state index is 0.162. The SMILES string of the molecule is CC(C)Oc1cc(F)ccc1Nc1ncnc2ccc(OCC(=O)N3CCN(C(=O)OC(C)(C)C)CC3)nc12. The number of anilines is 2. The molecule has 11 nitrogen and oxygen atoms in total. The van der Waals surface area contributed by atoms with Crippen LogP contribution in [0.3, 0.4) is 0 Å². The van der Waals surface area contributed by atoms with Gasteiger partial charge in [0.05, 0.1) is 17.3 Å². The van der Waals surface area contributed by atoms with Gasteiger partial charge in [0.25, 0.3) is 5.91 Å². The van der Waals surface area contributed by atoms with E-state index >= 15 is 0 Å². The molecule has 1 aliphatic heterocycles. The third-order valence-electron chi connectivity index (χ3n) is 5.64. The lowest BCUT2D eigenvalue weighted by molar-refractivity contribution is -0.135. The van der Waals surface area contributed by atoms with Gasteiger partial charge in [-0.15, -0.1) is 0 Å². The Hall–Kier alpha value is -4.22. The monoisotopic (exact) mass is 540 g/mol. The van der Waals surface area contributed by atoms with Crippen molar-refractivity contribution in [3.8, 4) is 11.6 Å². The molecule has 0 bridgehead atoms. The first kappa shape index (κ1) is 27.8. The molecule has 1 N–H and O–H groups in total. The van der Waals surface area contributed by atoms with Gasteiger partial charge in [0.1, 0.15) is 29.0 Å². The van der Waals surface area contributed by atoms with E-state index in [1.54, 1.807) is 28.0 Å². The molecule has 3 aromatic rings. The molecule has 2 amide bonds. The van der Waals surface area contributed by atoms with Crippen LogP contribution in [-0.4, -0.2) is 81.2 Å². The van der Waals surface area contributed by atoms with Crippen molar-refractivity contribution in [3.63, 3.8) is 0 Å². The lowest BCUT2D eigenvalue weighted by atomic mass is 10.2. The summed E-state index contributed by atoms with van der Waals surface area (Å²) in [6.45, 7) is 10.5. The van der Waals surface area contributed by atoms with E-state index in [1.165, 1.54) is 18.5 Å². The van der Waals surface area contributed by atoms with Crippen LogP contribution in [0.1, 0.15) is 34.6 Å². The lowest BCUT2D eigenvalue weighted by Crippen LogP contribution is -2.52. The van der Waals surface area contributed by atoms with Crippen LogP contribution in [0.15, 0.2) is 36.7 Å². The maximum Gasteiger partial charge on any atom is 0.410 e. The molecule has 1 aliphatic rings. The van der Waals surface area contributed by atoms with Crippen molar-refractivity contribution in [3.05, 3.63) is 42.5 Å². The predicted molar refractivity (Wildman–Crippen MR) is 143 cm³/mol. The van der Waals surface area contributed by atoms with Crippen LogP contribution in [0.4, 0.5) is 20.7 Å². The number of carbonyl (C=O) groups excluding carboxylic acids is 2. The summed E-state index contributed by atoms with van der Waals surface area (Å²) in [6.07, 6.45) is 0.839. The number of carbonyl (C=O) groups is 2. The van der Waals surface area contributed by atoms with Crippen molar-refractivity contribution in [2.24, 2.45) is 0 Å². The summed E-state index contributed by atoms with van der Waals surface area (Å²) in [5.74, 6) is 0.286. The maximum absolute atomic E-state index is 13.8. The molecular weight excluding hydrogens is 507 g/mol. The number of halogens is 1. The third kappa shape index (κ3) is 7.43. The molecule has 208 valence electrons. The van der Waals surface area contributed by atoms with Crippen LogP contribution in [0.2, 0.25) is 0 Å². The van der Waals surface area contributed by atoms with Gasteiger partial charge < -0.3 is 29.3 Å². The standard InChI is InChI=1S/C27H33FN6O5/c1-17(2)38-21-14-18(28)6-7-19(21)31-25-24-20(29-16-30-25)8-9-22(32-24)37-15-23(35)33-10-12-34(13-11-33)26(36)39-27(3,4)5/h6-9,14,16-17H,10-13,15H2,1-5H3,(H,29,30,31). The highest BCUT2D eigenvalue weighted by molar-refractivity contribution is 5.88. The molecule has 12 heteroatoms. The second-order valence-electron chi connectivity index (χ2n) is 10.3. The molecule has 1 saturated heterocycles. The Kier molecular flexibility index (Phi) is 8.32. The second-order valence-corrected chi connectivity index (χ2v) is 10.3. The zero-order valence-corrected chi connectivity index (χ0v) is 22.7. The largest absolute Gasteiger partial charge is 0.489 e. The Morgan fingerprint density at radius 1 is 1.05 bits per heavy atom. The van der Waals surface area contributed by atoms with Crippen LogP contribution in [0.25, 0.3) is 11.0 Å². The number of ether oxygens (including phenoxy) is 3. The number of piperazine rings is 1. The fourth-order valence-electron chi connectivity index (χ4n) is 3.86. The summed E-state index contributed by atoms with van der Waals surface area (Å²) in [5.41, 5.74) is 0.902. The van der Waals surface area contributed by atoms with Crippen LogP contribution < -0.4 is 14.8 Å². The smallest absolute Gasteiger partial charge is 0.410 e. The number of benzene rings is 1. The van der Waals surface area contributed by atoms with Gasteiger partial charge in [0, 0.05) is 38.3 Å². The van der Waals surface area contributed by atoms with Gasteiger partial charge in [-0.3, -0.25) is 4.79 Å². The first-order chi connectivity index (χ1) is 18.5. The average molecular weight is 541 g/mol. The number of hydrogen-bond donors (Lipinski definition) is 1. The molecule has 39 heavy (non-hydrogen) atoms. The first-order valence-electron chi connectivity index (χ1n) is 12.7. The summed E-state index contributed by atoms with van der Waals surface area (Å²) < 4.78 is 30.7. The summed E-state index contributed by atoms with van der Waals surface area (Å²) in [7, 11) is 0. The normalized spacial score (nSPS) is 13.9. The van der Waals surface area contributed by atoms with Gasteiger partial charge in [-0.1, -0.05) is 0 Å². The molecule has 0 spiro atoms. The average Bonchev–Trinajstić information content (AvgIpc) is 2.87. The molecule has 0 unspecified atom stereocenters. The van der Waals surface area contributed by atoms with Crippen LogP contribution in [-0.2, 0) is 9.53 Å². The van der Waals surface area contributed by atoms with Crippen molar-refractivity contribution in [1.82, 2.24) is 24.8 Å². The van der Waals surface area contributed by atoms with Crippen molar-refractivity contribution in [2.45, 2.75) is 46.3 Å². The summed E-state index contributed by atoms with van der Waals surface area (Å²) >= 11 is 0. The van der Waals surface area contributed by atoms with Crippen LogP contribution >= 0.6 is 0 Å². The summed E-state index contributed by atoms with van der Waals surface area (Å²) in [5, 5.41) is 3.14. The van der Waals surface area contributed by atoms with E-state index in [0.717, 1.165) is 0 Å². The second kappa shape index (κ2) is 11.7. The number of amides is 2. The minimum Gasteiger partial charge on any atom is -0.489 e. The maximum atomic E-state index is 13.8. The molecule has 0 atom stereocenters. The molecule has 0 radical (unpaired) electrons. The fraction of sp³-hybridized carbons (Fsp3) is 0.444. The molecular formula is C27H33FN6O5. The molecule has 1 aromatic carbocycles. The van der Waals surface area contributed by atoms with E-state index in [1.807, 2.05) is 34.6 Å². The number of pyridine rings is 1. The highest BCUT2D eigenvalue weighted by Crippen LogP contribution is 2.31. The van der Waals surface area contributed by atoms with E-state index in [-0.39, 0.29) is 30.6 Å². The van der Waals surface area contributed by atoms with Crippen molar-refractivity contribution < 1.29 is 28.2 Å². The van der Waals surface area contributed by atoms with E-state index in [9.17, 15) is 14.0 Å². The van der Waals surface area contributed by atoms with Gasteiger partial charge in [0.2, 0.25) is 5.88 Å². The Morgan fingerprint density at radius 3 is 2.46 bits per heavy atom. The molecule has 1 fully saturated rings. The highest BCUT2D eigenvalue weighted by Gasteiger charge is 2.28. The van der Waals surface area contributed by atoms with Gasteiger partial charge in [-0.25, -0.2) is 24.1 Å². The highest BCUT2D eigenvalue weighted by atomic mass is 19.1. The molecule has 0 saturated carbocycles. The Labute approximate surface area is 226 Å². The van der Waals surface area contributed by atoms with E-state index in [4.69, 9.17) is 14.2 Å². The van der Waals surface area contributed by atoms with Gasteiger partial charge >= 0.3 is 6.09 Å². The Balaban J connectivity index is 1.41. The number of nitrogens with one attached hydrogen (secondary N) is 1. The Morgan fingerprint density at radius 2 is 1.77 bits per heavy atom. The molecule has 4 rings (SSSR count). The predicted octanol–water partition coefficient (Wildman–Crippen LogP) is 4.15. The molecule has 2 aromatic heterocycles. The number of hydrogen-bond acceptors (Lipinski definition) is 9. The zero-order chi connectivity index (χ0) is 28.2. The van der Waals surface area contributed by atoms with E-state index < -0.39 is 11.4 Å². The third-order valence-corrected chi connectivity index (χ3v) is 5.64. The fourth-order valence-corrected chi connectivity index (χ4v) is 3.86. The van der Waals surface area contributed by atoms with Crippen molar-refractivity contribution >= 4 is 34.5 Å². The van der Waals surface area contributed by atoms with Gasteiger partial charge in [-0.2, -0.15) is 0 Å². The number of fused-ring (bicyclic) bond motifs is 1. The van der Waals surface area contributed by atoms with Crippen LogP contribution in [0, 0.1) is 5.82 Å². The molecule has 3 heterocycles. The van der Waals surface area contributed by atoms with Gasteiger partial charge in [0.15, 0.2) is 12.4 Å². The van der Waals surface area contributed by atoms with Crippen LogP contribution in [0.5, 0.6) is 11.6 Å². The zero-order valence-electron chi connectivity index (χ0n) is 22.7. The summed E-state index contributed by atoms with van der Waals surface area (Å²) in [6, 6.07) is 7.51. The number of aromatic nitrogens is 3. The Bertz CT molecular complexity index is 1340. The van der Waals surface area contributed by atoms with Gasteiger partial charge in [-0.05, 0) is 52.8 Å². The molecule has 0 aliphatic carbocycles. The van der Waals surface area contributed by atoms with E-state index in [2.05, 4.69) is 20.3 Å². The topological polar surface area (TPSA) is 119 Å². The number of nitrogens with zero attached hydrogens (tertiary/aromatic N) is 5.